The summed E-state index contributed by atoms with van der Waals surface area (Å²) in [7, 11) is 0. The minimum Gasteiger partial charge on any atom is -0.457 e. The average Bonchev–Trinajstić information content (AvgIpc) is 3.46. The van der Waals surface area contributed by atoms with Crippen LogP contribution in [0.25, 0.3) is 33.0 Å². The summed E-state index contributed by atoms with van der Waals surface area (Å²) in [6.45, 7) is 0. The van der Waals surface area contributed by atoms with Crippen LogP contribution >= 0.6 is 0 Å². The molecule has 8 aromatic rings. The molecule has 0 N–H and O–H groups in total. The molecule has 0 radical (unpaired) electrons. The highest BCUT2D eigenvalue weighted by Crippen LogP contribution is 2.62. The molecule has 1 aliphatic heterocycles. The zero-order valence-electron chi connectivity index (χ0n) is 26.8. The van der Waals surface area contributed by atoms with Crippen molar-refractivity contribution >= 4 is 27.8 Å². The van der Waals surface area contributed by atoms with Crippen LogP contribution in [0.1, 0.15) is 22.3 Å². The van der Waals surface area contributed by atoms with Gasteiger partial charge in [0.2, 0.25) is 0 Å². The molecule has 0 aromatic heterocycles. The first-order valence-electron chi connectivity index (χ1n) is 16.9. The molecule has 0 saturated heterocycles. The van der Waals surface area contributed by atoms with Gasteiger partial charge in [-0.15, -0.1) is 0 Å². The van der Waals surface area contributed by atoms with E-state index in [0.717, 1.165) is 34.1 Å². The predicted molar refractivity (Wildman–Crippen MR) is 201 cm³/mol. The molecule has 1 heterocycles. The molecule has 0 saturated carbocycles. The van der Waals surface area contributed by atoms with E-state index in [9.17, 15) is 0 Å². The topological polar surface area (TPSA) is 12.5 Å². The molecule has 49 heavy (non-hydrogen) atoms. The van der Waals surface area contributed by atoms with Crippen LogP contribution in [0.2, 0.25) is 0 Å². The first kappa shape index (κ1) is 27.7. The Morgan fingerprint density at radius 2 is 0.918 bits per heavy atom. The number of hydrogen-bond donors (Lipinski definition) is 0. The van der Waals surface area contributed by atoms with Crippen molar-refractivity contribution in [1.29, 1.82) is 0 Å². The molecule has 2 nitrogen and oxygen atoms in total. The molecule has 8 aromatic carbocycles. The van der Waals surface area contributed by atoms with Gasteiger partial charge in [0, 0.05) is 34.3 Å². The molecular weight excluding hydrogens is 595 g/mol. The van der Waals surface area contributed by atoms with Crippen molar-refractivity contribution in [2.24, 2.45) is 0 Å². The second-order valence-corrected chi connectivity index (χ2v) is 12.9. The van der Waals surface area contributed by atoms with Gasteiger partial charge in [-0.1, -0.05) is 146 Å². The quantitative estimate of drug-likeness (QED) is 0.193. The molecule has 230 valence electrons. The average molecular weight is 626 g/mol. The van der Waals surface area contributed by atoms with E-state index >= 15 is 0 Å². The minimum absolute atomic E-state index is 0.479. The number of fused-ring (bicyclic) bond motifs is 10. The lowest BCUT2D eigenvalue weighted by Gasteiger charge is -2.40. The van der Waals surface area contributed by atoms with E-state index in [1.807, 2.05) is 0 Å². The number of rotatable bonds is 4. The number of hydrogen-bond acceptors (Lipinski definition) is 2. The summed E-state index contributed by atoms with van der Waals surface area (Å²) < 4.78 is 6.85. The molecule has 10 rings (SSSR count). The van der Waals surface area contributed by atoms with E-state index in [0.29, 0.717) is 0 Å². The van der Waals surface area contributed by atoms with Gasteiger partial charge in [-0.2, -0.15) is 0 Å². The molecule has 1 spiro atoms. The van der Waals surface area contributed by atoms with Crippen molar-refractivity contribution in [3.05, 3.63) is 210 Å². The number of anilines is 3. The Bertz CT molecular complexity index is 2480. The van der Waals surface area contributed by atoms with Gasteiger partial charge >= 0.3 is 0 Å². The van der Waals surface area contributed by atoms with E-state index in [1.54, 1.807) is 0 Å². The first-order valence-corrected chi connectivity index (χ1v) is 16.9. The van der Waals surface area contributed by atoms with Crippen LogP contribution in [-0.4, -0.2) is 0 Å². The monoisotopic (exact) mass is 625 g/mol. The number of para-hydroxylation sites is 2. The van der Waals surface area contributed by atoms with Gasteiger partial charge in [0.1, 0.15) is 11.5 Å². The van der Waals surface area contributed by atoms with Crippen LogP contribution in [-0.2, 0) is 5.41 Å². The van der Waals surface area contributed by atoms with Gasteiger partial charge < -0.3 is 9.64 Å². The third-order valence-electron chi connectivity index (χ3n) is 10.3. The lowest BCUT2D eigenvalue weighted by molar-refractivity contribution is 0.436. The zero-order chi connectivity index (χ0) is 32.4. The molecule has 0 unspecified atom stereocenters. The summed E-state index contributed by atoms with van der Waals surface area (Å²) in [5.74, 6) is 1.76. The third-order valence-corrected chi connectivity index (χ3v) is 10.3. The summed E-state index contributed by atoms with van der Waals surface area (Å²) in [6.07, 6.45) is 0. The van der Waals surface area contributed by atoms with Crippen LogP contribution in [0, 0.1) is 0 Å². The Labute approximate surface area is 286 Å². The standard InChI is InChI=1S/C47H31NO/c1-2-15-34(16-3-1)48(35-27-25-33(26-28-35)38-20-12-14-32-13-4-5-17-37(32)38)36-29-30-44-46(31-36)49-45-24-11-10-23-43(45)47(44)41-21-8-6-18-39(41)40-19-7-9-22-42(40)47/h1-31H. The molecule has 0 bridgehead atoms. The highest BCUT2D eigenvalue weighted by Gasteiger charge is 2.50. The number of nitrogens with zero attached hydrogens (tertiary/aromatic N) is 1. The normalized spacial score (nSPS) is 13.2. The fourth-order valence-electron chi connectivity index (χ4n) is 8.28. The minimum atomic E-state index is -0.479. The van der Waals surface area contributed by atoms with E-state index < -0.39 is 5.41 Å². The third kappa shape index (κ3) is 4.07. The van der Waals surface area contributed by atoms with Crippen molar-refractivity contribution in [3.63, 3.8) is 0 Å². The molecule has 0 fully saturated rings. The van der Waals surface area contributed by atoms with Gasteiger partial charge in [-0.25, -0.2) is 0 Å². The first-order chi connectivity index (χ1) is 24.3. The van der Waals surface area contributed by atoms with E-state index in [4.69, 9.17) is 4.74 Å². The summed E-state index contributed by atoms with van der Waals surface area (Å²) in [6, 6.07) is 67.7. The van der Waals surface area contributed by atoms with Gasteiger partial charge in [0.15, 0.2) is 0 Å². The molecule has 1 aliphatic carbocycles. The number of benzene rings is 8. The lowest BCUT2D eigenvalue weighted by atomic mass is 9.66. The van der Waals surface area contributed by atoms with Gasteiger partial charge in [-0.05, 0) is 80.6 Å². The maximum Gasteiger partial charge on any atom is 0.134 e. The summed E-state index contributed by atoms with van der Waals surface area (Å²) in [5, 5.41) is 2.50. The van der Waals surface area contributed by atoms with Crippen molar-refractivity contribution < 1.29 is 4.74 Å². The van der Waals surface area contributed by atoms with Crippen LogP contribution in [0.4, 0.5) is 17.1 Å². The Hall–Kier alpha value is -6.38. The number of ether oxygens (including phenoxy) is 1. The largest absolute Gasteiger partial charge is 0.457 e. The van der Waals surface area contributed by atoms with E-state index in [1.165, 1.54) is 49.7 Å². The maximum absolute atomic E-state index is 6.85. The fourth-order valence-corrected chi connectivity index (χ4v) is 8.28. The van der Waals surface area contributed by atoms with Crippen molar-refractivity contribution in [1.82, 2.24) is 0 Å². The van der Waals surface area contributed by atoms with Crippen LogP contribution in [0.5, 0.6) is 11.5 Å². The van der Waals surface area contributed by atoms with E-state index in [-0.39, 0.29) is 0 Å². The molecular formula is C47H31NO. The van der Waals surface area contributed by atoms with Crippen molar-refractivity contribution in [2.75, 3.05) is 4.90 Å². The molecule has 2 heteroatoms. The highest BCUT2D eigenvalue weighted by molar-refractivity contribution is 5.97. The zero-order valence-corrected chi connectivity index (χ0v) is 26.8. The SMILES string of the molecule is c1ccc(N(c2ccc(-c3cccc4ccccc34)cc2)c2ccc3c(c2)Oc2ccccc2C32c3ccccc3-c3ccccc32)cc1. The second-order valence-electron chi connectivity index (χ2n) is 12.9. The maximum atomic E-state index is 6.85. The molecule has 0 atom stereocenters. The smallest absolute Gasteiger partial charge is 0.134 e. The summed E-state index contributed by atoms with van der Waals surface area (Å²) in [5.41, 5.74) is 12.6. The molecule has 2 aliphatic rings. The molecule has 0 amide bonds. The summed E-state index contributed by atoms with van der Waals surface area (Å²) in [4.78, 5) is 2.32. The van der Waals surface area contributed by atoms with Gasteiger partial charge in [0.25, 0.3) is 0 Å². The Balaban J connectivity index is 1.15. The summed E-state index contributed by atoms with van der Waals surface area (Å²) >= 11 is 0. The van der Waals surface area contributed by atoms with Crippen molar-refractivity contribution in [3.8, 4) is 33.8 Å². The predicted octanol–water partition coefficient (Wildman–Crippen LogP) is 12.4. The fraction of sp³-hybridized carbons (Fsp3) is 0.0213. The van der Waals surface area contributed by atoms with Crippen LogP contribution in [0.15, 0.2) is 188 Å². The van der Waals surface area contributed by atoms with E-state index in [2.05, 4.69) is 193 Å². The highest BCUT2D eigenvalue weighted by atomic mass is 16.5. The Kier molecular flexibility index (Phi) is 6.13. The van der Waals surface area contributed by atoms with Gasteiger partial charge in [0.05, 0.1) is 5.41 Å². The second kappa shape index (κ2) is 10.8. The van der Waals surface area contributed by atoms with Gasteiger partial charge in [-0.3, -0.25) is 0 Å². The Morgan fingerprint density at radius 1 is 0.367 bits per heavy atom. The Morgan fingerprint density at radius 3 is 1.69 bits per heavy atom. The van der Waals surface area contributed by atoms with Crippen LogP contribution in [0.3, 0.4) is 0 Å². The van der Waals surface area contributed by atoms with Crippen molar-refractivity contribution in [2.45, 2.75) is 5.41 Å². The van der Waals surface area contributed by atoms with Crippen LogP contribution < -0.4 is 9.64 Å². The lowest BCUT2D eigenvalue weighted by Crippen LogP contribution is -2.32.